The van der Waals surface area contributed by atoms with Crippen LogP contribution in [0.5, 0.6) is 0 Å². The number of ether oxygens (including phenoxy) is 1. The minimum atomic E-state index is -2.72. The van der Waals surface area contributed by atoms with Crippen LogP contribution < -0.4 is 0 Å². The highest BCUT2D eigenvalue weighted by Gasteiger charge is 2.62. The Morgan fingerprint density at radius 1 is 0.714 bits per heavy atom. The summed E-state index contributed by atoms with van der Waals surface area (Å²) >= 11 is 0. The van der Waals surface area contributed by atoms with E-state index in [9.17, 15) is 14.4 Å². The average Bonchev–Trinajstić information content (AvgIpc) is 3.45. The van der Waals surface area contributed by atoms with Crippen molar-refractivity contribution in [3.05, 3.63) is 35.4 Å². The van der Waals surface area contributed by atoms with E-state index in [1.807, 2.05) is 0 Å². The zero-order chi connectivity index (χ0) is 42.2. The van der Waals surface area contributed by atoms with Crippen LogP contribution in [0.2, 0.25) is 44.3 Å². The summed E-state index contributed by atoms with van der Waals surface area (Å²) in [4.78, 5) is 70.1. The van der Waals surface area contributed by atoms with E-state index in [1.54, 1.807) is 18.2 Å². The van der Waals surface area contributed by atoms with Crippen molar-refractivity contribution in [1.82, 2.24) is 4.90 Å². The van der Waals surface area contributed by atoms with Crippen molar-refractivity contribution in [3.8, 4) is 0 Å². The highest BCUT2D eigenvalue weighted by atomic mass is 29.2. The lowest BCUT2D eigenvalue weighted by atomic mass is 9.88. The summed E-state index contributed by atoms with van der Waals surface area (Å²) in [5.41, 5.74) is 2.72. The third kappa shape index (κ3) is 8.40. The summed E-state index contributed by atoms with van der Waals surface area (Å²) in [7, 11) is -7.45. The molecule has 1 aromatic rings. The van der Waals surface area contributed by atoms with E-state index in [1.165, 1.54) is 16.9 Å². The quantitative estimate of drug-likeness (QED) is 0.0497. The molecule has 2 radical (unpaired) electrons. The molecule has 0 aromatic heterocycles. The molecule has 0 saturated carbocycles. The van der Waals surface area contributed by atoms with Crippen LogP contribution in [0.4, 0.5) is 4.79 Å². The number of benzene rings is 1. The van der Waals surface area contributed by atoms with Gasteiger partial charge >= 0.3 is 17.8 Å². The van der Waals surface area contributed by atoms with Gasteiger partial charge in [-0.15, -0.1) is 0 Å². The van der Waals surface area contributed by atoms with Crippen LogP contribution in [-0.4, -0.2) is 96.7 Å². The molecule has 3 heterocycles. The number of carbonyl (C=O) groups is 4. The van der Waals surface area contributed by atoms with Crippen molar-refractivity contribution in [2.75, 3.05) is 6.61 Å². The Morgan fingerprint density at radius 2 is 1.18 bits per heavy atom. The minimum Gasteiger partial charge on any atom is -0.330 e. The van der Waals surface area contributed by atoms with Crippen molar-refractivity contribution in [2.24, 2.45) is 5.92 Å². The number of nitrogens with zero attached hydrogens (tertiary/aromatic N) is 2. The maximum atomic E-state index is 15.0. The fraction of sp³-hybridized carbons (Fsp3) is 0.732. The Balaban J connectivity index is 1.89. The van der Waals surface area contributed by atoms with Gasteiger partial charge < -0.3 is 4.74 Å². The van der Waals surface area contributed by atoms with Crippen molar-refractivity contribution < 1.29 is 47.4 Å². The SMILES string of the molecule is CC(C)[Si](C(C)C)[Si](OOC[C@H]1O[C@@H]2[C@H](C(=O)c3ccccc3C(=O)N3C(=O)CC=[N+]2C3=O)[C@@H]1OO[Si](C(C)C)(C(C)C)[Si](C(C)C)C(C)C)(C(C)C)C(C)C. The summed E-state index contributed by atoms with van der Waals surface area (Å²) in [5.74, 6) is -3.06. The number of hydrogen-bond acceptors (Lipinski definition) is 9. The molecule has 0 unspecified atom stereocenters. The lowest BCUT2D eigenvalue weighted by Crippen LogP contribution is -2.62. The molecule has 4 rings (SSSR count). The van der Waals surface area contributed by atoms with Crippen LogP contribution in [0.25, 0.3) is 0 Å². The molecule has 0 spiro atoms. The third-order valence-corrected chi connectivity index (χ3v) is 46.4. The first-order valence-electron chi connectivity index (χ1n) is 20.8. The standard InChI is InChI=1S/C41H69N2O9Si4/c1-24(2)53(25(3)4)55(28(9)10,29(11)12)51-48-23-34-38(50-52-56(30(13)14,31(15)16)54(26(5)6)27(7)8)36-37(45)32-19-17-18-20-33(32)39(46)43-35(44)21-22-42(41(43)47)40(36)49-34/h17-20,22,24-31,34,36,38,40H,21,23H2,1-16H3/q+1/t34-,36-,38-,40-/m1/s1. The van der Waals surface area contributed by atoms with E-state index in [2.05, 4.69) is 111 Å². The van der Waals surface area contributed by atoms with Gasteiger partial charge in [0.1, 0.15) is 31.2 Å². The van der Waals surface area contributed by atoms with E-state index >= 15 is 4.79 Å². The van der Waals surface area contributed by atoms with Crippen LogP contribution in [0.3, 0.4) is 0 Å². The molecule has 3 aliphatic rings. The van der Waals surface area contributed by atoms with Gasteiger partial charge in [0, 0.05) is 5.56 Å². The van der Waals surface area contributed by atoms with E-state index in [4.69, 9.17) is 23.7 Å². The Labute approximate surface area is 341 Å². The predicted octanol–water partition coefficient (Wildman–Crippen LogP) is 9.38. The molecule has 1 saturated heterocycles. The number of imide groups is 3. The molecular weight excluding hydrogens is 777 g/mol. The smallest absolute Gasteiger partial charge is 0.330 e. The van der Waals surface area contributed by atoms with Gasteiger partial charge in [-0.1, -0.05) is 156 Å². The fourth-order valence-electron chi connectivity index (χ4n) is 10.3. The summed E-state index contributed by atoms with van der Waals surface area (Å²) in [6.45, 7) is 36.1. The molecule has 4 amide bonds. The van der Waals surface area contributed by atoms with E-state index in [-0.39, 0.29) is 46.3 Å². The molecule has 3 aliphatic heterocycles. The minimum absolute atomic E-state index is 0.0238. The number of fused-ring (bicyclic) bond motifs is 5. The van der Waals surface area contributed by atoms with Gasteiger partial charge in [-0.25, -0.2) is 19.4 Å². The fourth-order valence-corrected chi connectivity index (χ4v) is 43.1. The Morgan fingerprint density at radius 3 is 1.64 bits per heavy atom. The van der Waals surface area contributed by atoms with Gasteiger partial charge in [-0.3, -0.25) is 13.9 Å². The summed E-state index contributed by atoms with van der Waals surface area (Å²) in [6, 6.07) is 5.47. The second kappa shape index (κ2) is 18.5. The third-order valence-electron chi connectivity index (χ3n) is 12.2. The lowest BCUT2D eigenvalue weighted by molar-refractivity contribution is -0.535. The number of Topliss-reactive ketones (excluding diaryl/α,β-unsaturated/α-hetero) is 1. The van der Waals surface area contributed by atoms with Crippen LogP contribution in [-0.2, 0) is 28.5 Å². The first kappa shape index (κ1) is 46.7. The molecule has 1 aromatic carbocycles. The molecule has 15 heteroatoms. The molecule has 312 valence electrons. The number of rotatable bonds is 17. The molecule has 1 fully saturated rings. The average molecular weight is 846 g/mol. The first-order valence-corrected chi connectivity index (χ1v) is 30.2. The van der Waals surface area contributed by atoms with E-state index in [0.717, 1.165) is 0 Å². The number of hydrogen-bond donors (Lipinski definition) is 0. The van der Waals surface area contributed by atoms with Crippen LogP contribution in [0, 0.1) is 5.92 Å². The first-order chi connectivity index (χ1) is 26.1. The zero-order valence-electron chi connectivity index (χ0n) is 36.8. The van der Waals surface area contributed by atoms with E-state index in [0.29, 0.717) is 27.1 Å². The second-order valence-electron chi connectivity index (χ2n) is 18.4. The largest absolute Gasteiger partial charge is 0.510 e. The molecule has 2 bridgehead atoms. The summed E-state index contributed by atoms with van der Waals surface area (Å²) < 4.78 is 21.9. The van der Waals surface area contributed by atoms with Gasteiger partial charge in [0.2, 0.25) is 21.9 Å². The summed E-state index contributed by atoms with van der Waals surface area (Å²) in [6.07, 6.45) is -1.94. The van der Waals surface area contributed by atoms with Crippen molar-refractivity contribution >= 4 is 62.1 Å². The second-order valence-corrected chi connectivity index (χ2v) is 41.1. The van der Waals surface area contributed by atoms with Crippen LogP contribution >= 0.6 is 0 Å². The highest BCUT2D eigenvalue weighted by molar-refractivity contribution is 7.32. The van der Waals surface area contributed by atoms with Crippen molar-refractivity contribution in [1.29, 1.82) is 0 Å². The topological polar surface area (TPSA) is 121 Å². The number of ketones is 1. The maximum Gasteiger partial charge on any atom is 0.510 e. The predicted molar refractivity (Wildman–Crippen MR) is 227 cm³/mol. The van der Waals surface area contributed by atoms with Gasteiger partial charge in [-0.05, 0) is 28.2 Å². The number of urea groups is 1. The monoisotopic (exact) mass is 845 g/mol. The van der Waals surface area contributed by atoms with Gasteiger partial charge in [0.25, 0.3) is 0 Å². The Bertz CT molecular complexity index is 1600. The van der Waals surface area contributed by atoms with E-state index < -0.39 is 80.3 Å². The highest BCUT2D eigenvalue weighted by Crippen LogP contribution is 2.46. The van der Waals surface area contributed by atoms with Gasteiger partial charge in [-0.2, -0.15) is 9.37 Å². The molecule has 0 aliphatic carbocycles. The normalized spacial score (nSPS) is 22.5. The van der Waals surface area contributed by atoms with Crippen molar-refractivity contribution in [3.63, 3.8) is 0 Å². The van der Waals surface area contributed by atoms with Gasteiger partial charge in [0.15, 0.2) is 5.78 Å². The zero-order valence-corrected chi connectivity index (χ0v) is 40.8. The van der Waals surface area contributed by atoms with Crippen LogP contribution in [0.1, 0.15) is 138 Å². The molecule has 56 heavy (non-hydrogen) atoms. The van der Waals surface area contributed by atoms with Crippen molar-refractivity contribution in [2.45, 2.75) is 180 Å². The Kier molecular flexibility index (Phi) is 15.5. The molecule has 0 N–H and O–H groups in total. The summed E-state index contributed by atoms with van der Waals surface area (Å²) in [5, 5.41) is 0. The maximum absolute atomic E-state index is 15.0. The number of amides is 4. The molecule has 11 nitrogen and oxygen atoms in total. The molecule has 4 atom stereocenters. The number of carbonyl (C=O) groups excluding carboxylic acids is 4. The molecular formula is C41H69N2O9Si4+. The van der Waals surface area contributed by atoms with Crippen LogP contribution in [0.15, 0.2) is 24.3 Å². The van der Waals surface area contributed by atoms with Gasteiger partial charge in [0.05, 0.1) is 28.4 Å². The Hall–Kier alpha value is -1.96. The lowest BCUT2D eigenvalue weighted by Gasteiger charge is -2.46.